The van der Waals surface area contributed by atoms with E-state index in [1.54, 1.807) is 0 Å². The predicted octanol–water partition coefficient (Wildman–Crippen LogP) is 6.82. The van der Waals surface area contributed by atoms with Crippen LogP contribution in [0.5, 0.6) is 0 Å². The number of rotatable bonds is 16. The molecule has 146 valence electrons. The number of para-hydroxylation sites is 2. The van der Waals surface area contributed by atoms with Crippen molar-refractivity contribution < 1.29 is 4.74 Å². The van der Waals surface area contributed by atoms with Crippen molar-refractivity contribution >= 4 is 11.0 Å². The van der Waals surface area contributed by atoms with Crippen molar-refractivity contribution in [2.45, 2.75) is 90.4 Å². The Morgan fingerprint density at radius 3 is 2.08 bits per heavy atom. The van der Waals surface area contributed by atoms with Gasteiger partial charge in [0.2, 0.25) is 0 Å². The van der Waals surface area contributed by atoms with E-state index in [-0.39, 0.29) is 0 Å². The quantitative estimate of drug-likeness (QED) is 0.334. The molecule has 0 spiro atoms. The van der Waals surface area contributed by atoms with Gasteiger partial charge in [0.25, 0.3) is 0 Å². The lowest BCUT2D eigenvalue weighted by Crippen LogP contribution is -1.97. The largest absolute Gasteiger partial charge is 0.381 e. The minimum absolute atomic E-state index is 0.944. The average molecular weight is 359 g/mol. The third-order valence-corrected chi connectivity index (χ3v) is 5.03. The summed E-state index contributed by atoms with van der Waals surface area (Å²) < 4.78 is 5.76. The van der Waals surface area contributed by atoms with Crippen molar-refractivity contribution in [2.75, 3.05) is 13.2 Å². The lowest BCUT2D eigenvalue weighted by atomic mass is 10.1. The summed E-state index contributed by atoms with van der Waals surface area (Å²) in [6.07, 6.45) is 16.9. The number of ether oxygens (including phenoxy) is 1. The maximum Gasteiger partial charge on any atom is 0.107 e. The first-order valence-electron chi connectivity index (χ1n) is 10.9. The van der Waals surface area contributed by atoms with Gasteiger partial charge in [-0.3, -0.25) is 0 Å². The lowest BCUT2D eigenvalue weighted by Gasteiger charge is -2.05. The molecule has 2 rings (SSSR count). The molecule has 1 aromatic carbocycles. The molecule has 1 aromatic heterocycles. The van der Waals surface area contributed by atoms with Gasteiger partial charge in [0.15, 0.2) is 0 Å². The first-order chi connectivity index (χ1) is 12.9. The second-order valence-corrected chi connectivity index (χ2v) is 7.45. The van der Waals surface area contributed by atoms with Crippen LogP contribution in [0.25, 0.3) is 11.0 Å². The van der Waals surface area contributed by atoms with E-state index in [1.165, 1.54) is 77.0 Å². The van der Waals surface area contributed by atoms with E-state index in [0.29, 0.717) is 0 Å². The zero-order chi connectivity index (χ0) is 18.3. The molecule has 1 N–H and O–H groups in total. The minimum Gasteiger partial charge on any atom is -0.381 e. The maximum absolute atomic E-state index is 5.76. The number of aromatic nitrogens is 2. The van der Waals surface area contributed by atoms with Gasteiger partial charge in [-0.25, -0.2) is 4.98 Å². The second kappa shape index (κ2) is 13.8. The van der Waals surface area contributed by atoms with Crippen LogP contribution in [0.15, 0.2) is 24.3 Å². The third-order valence-electron chi connectivity index (χ3n) is 5.03. The van der Waals surface area contributed by atoms with Gasteiger partial charge in [0.05, 0.1) is 11.0 Å². The summed E-state index contributed by atoms with van der Waals surface area (Å²) in [7, 11) is 0. The molecule has 0 unspecified atom stereocenters. The zero-order valence-electron chi connectivity index (χ0n) is 16.8. The summed E-state index contributed by atoms with van der Waals surface area (Å²) in [5, 5.41) is 0. The van der Waals surface area contributed by atoms with E-state index in [0.717, 1.165) is 36.5 Å². The molecule has 26 heavy (non-hydrogen) atoms. The Morgan fingerprint density at radius 2 is 1.38 bits per heavy atom. The number of H-pyrrole nitrogens is 1. The van der Waals surface area contributed by atoms with Crippen molar-refractivity contribution in [3.63, 3.8) is 0 Å². The van der Waals surface area contributed by atoms with Crippen LogP contribution in [-0.2, 0) is 11.2 Å². The van der Waals surface area contributed by atoms with E-state index in [1.807, 2.05) is 6.07 Å². The standard InChI is InChI=1S/C23H38N2O/c1-2-3-4-5-6-9-14-19-26-20-15-10-7-8-11-18-23-24-21-16-12-13-17-22(21)25-23/h12-13,16-17H,2-11,14-15,18-20H2,1H3,(H,24,25). The Balaban J connectivity index is 1.34. The second-order valence-electron chi connectivity index (χ2n) is 7.45. The molecule has 3 heteroatoms. The molecule has 0 aliphatic rings. The topological polar surface area (TPSA) is 37.9 Å². The van der Waals surface area contributed by atoms with Crippen LogP contribution in [0.1, 0.15) is 89.8 Å². The van der Waals surface area contributed by atoms with Crippen LogP contribution in [0, 0.1) is 0 Å². The molecule has 0 atom stereocenters. The molecule has 3 nitrogen and oxygen atoms in total. The molecule has 1 heterocycles. The van der Waals surface area contributed by atoms with Gasteiger partial charge >= 0.3 is 0 Å². The Morgan fingerprint density at radius 1 is 0.769 bits per heavy atom. The van der Waals surface area contributed by atoms with Crippen LogP contribution in [0.2, 0.25) is 0 Å². The molecular weight excluding hydrogens is 320 g/mol. The van der Waals surface area contributed by atoms with Crippen LogP contribution in [-0.4, -0.2) is 23.2 Å². The summed E-state index contributed by atoms with van der Waals surface area (Å²) in [4.78, 5) is 8.05. The molecule has 0 saturated heterocycles. The number of fused-ring (bicyclic) bond motifs is 1. The number of hydrogen-bond donors (Lipinski definition) is 1. The average Bonchev–Trinajstić information content (AvgIpc) is 3.07. The SMILES string of the molecule is CCCCCCCCCOCCCCCCCc1nc2ccccc2[nH]1. The van der Waals surface area contributed by atoms with Crippen molar-refractivity contribution in [3.05, 3.63) is 30.1 Å². The number of nitrogens with one attached hydrogen (secondary N) is 1. The van der Waals surface area contributed by atoms with Gasteiger partial charge in [0, 0.05) is 19.6 Å². The highest BCUT2D eigenvalue weighted by molar-refractivity contribution is 5.74. The fraction of sp³-hybridized carbons (Fsp3) is 0.696. The fourth-order valence-electron chi connectivity index (χ4n) is 3.41. The number of nitrogens with zero attached hydrogens (tertiary/aromatic N) is 1. The highest BCUT2D eigenvalue weighted by atomic mass is 16.5. The number of hydrogen-bond acceptors (Lipinski definition) is 2. The van der Waals surface area contributed by atoms with E-state index >= 15 is 0 Å². The van der Waals surface area contributed by atoms with Gasteiger partial charge in [-0.2, -0.15) is 0 Å². The Bertz CT molecular complexity index is 545. The zero-order valence-corrected chi connectivity index (χ0v) is 16.8. The van der Waals surface area contributed by atoms with E-state index < -0.39 is 0 Å². The summed E-state index contributed by atoms with van der Waals surface area (Å²) in [5.74, 6) is 1.13. The molecule has 0 aliphatic carbocycles. The molecule has 0 radical (unpaired) electrons. The molecule has 2 aromatic rings. The smallest absolute Gasteiger partial charge is 0.107 e. The number of unbranched alkanes of at least 4 members (excludes halogenated alkanes) is 10. The Kier molecular flexibility index (Phi) is 11.1. The highest BCUT2D eigenvalue weighted by Crippen LogP contribution is 2.13. The molecule has 0 bridgehead atoms. The molecule has 0 fully saturated rings. The van der Waals surface area contributed by atoms with E-state index in [2.05, 4.69) is 35.1 Å². The molecule has 0 saturated carbocycles. The summed E-state index contributed by atoms with van der Waals surface area (Å²) in [5.41, 5.74) is 2.24. The normalized spacial score (nSPS) is 11.4. The summed E-state index contributed by atoms with van der Waals surface area (Å²) in [6.45, 7) is 4.17. The van der Waals surface area contributed by atoms with E-state index in [4.69, 9.17) is 4.74 Å². The first kappa shape index (κ1) is 21.0. The molecule has 0 amide bonds. The van der Waals surface area contributed by atoms with Gasteiger partial charge in [-0.1, -0.05) is 76.8 Å². The van der Waals surface area contributed by atoms with Gasteiger partial charge < -0.3 is 9.72 Å². The molecular formula is C23H38N2O. The van der Waals surface area contributed by atoms with Crippen LogP contribution in [0.3, 0.4) is 0 Å². The lowest BCUT2D eigenvalue weighted by molar-refractivity contribution is 0.125. The van der Waals surface area contributed by atoms with Gasteiger partial charge in [-0.15, -0.1) is 0 Å². The van der Waals surface area contributed by atoms with Crippen LogP contribution in [0.4, 0.5) is 0 Å². The fourth-order valence-corrected chi connectivity index (χ4v) is 3.41. The van der Waals surface area contributed by atoms with E-state index in [9.17, 15) is 0 Å². The maximum atomic E-state index is 5.76. The predicted molar refractivity (Wildman–Crippen MR) is 112 cm³/mol. The first-order valence-corrected chi connectivity index (χ1v) is 10.9. The van der Waals surface area contributed by atoms with Crippen molar-refractivity contribution in [2.24, 2.45) is 0 Å². The number of benzene rings is 1. The summed E-state index contributed by atoms with van der Waals surface area (Å²) in [6, 6.07) is 8.27. The van der Waals surface area contributed by atoms with Crippen molar-refractivity contribution in [3.8, 4) is 0 Å². The van der Waals surface area contributed by atoms with Gasteiger partial charge in [-0.05, 0) is 31.4 Å². The van der Waals surface area contributed by atoms with Crippen LogP contribution >= 0.6 is 0 Å². The minimum atomic E-state index is 0.944. The van der Waals surface area contributed by atoms with Crippen molar-refractivity contribution in [1.29, 1.82) is 0 Å². The number of aryl methyl sites for hydroxylation is 1. The van der Waals surface area contributed by atoms with Gasteiger partial charge in [0.1, 0.15) is 5.82 Å². The third kappa shape index (κ3) is 8.84. The Hall–Kier alpha value is -1.35. The highest BCUT2D eigenvalue weighted by Gasteiger charge is 2.01. The van der Waals surface area contributed by atoms with Crippen LogP contribution < -0.4 is 0 Å². The molecule has 0 aliphatic heterocycles. The Labute approximate surface area is 159 Å². The number of imidazole rings is 1. The summed E-state index contributed by atoms with van der Waals surface area (Å²) >= 11 is 0. The monoisotopic (exact) mass is 358 g/mol. The number of aromatic amines is 1. The van der Waals surface area contributed by atoms with Crippen molar-refractivity contribution in [1.82, 2.24) is 9.97 Å².